The van der Waals surface area contributed by atoms with Gasteiger partial charge in [0.15, 0.2) is 0 Å². The van der Waals surface area contributed by atoms with Gasteiger partial charge in [0.05, 0.1) is 17.5 Å². The molecule has 1 aliphatic rings. The van der Waals surface area contributed by atoms with Gasteiger partial charge in [-0.25, -0.2) is 0 Å². The zero-order valence-corrected chi connectivity index (χ0v) is 14.7. The molecule has 3 nitrogen and oxygen atoms in total. The quantitative estimate of drug-likeness (QED) is 0.730. The first-order valence-corrected chi connectivity index (χ1v) is 8.85. The molecule has 1 aromatic heterocycles. The fraction of sp³-hybridized carbons (Fsp3) is 0.200. The Labute approximate surface area is 149 Å². The van der Waals surface area contributed by atoms with Gasteiger partial charge < -0.3 is 5.32 Å². The van der Waals surface area contributed by atoms with Crippen molar-refractivity contribution in [3.8, 4) is 0 Å². The molecule has 4 heteroatoms. The van der Waals surface area contributed by atoms with E-state index in [2.05, 4.69) is 38.4 Å². The third-order valence-corrected chi connectivity index (χ3v) is 5.07. The minimum atomic E-state index is -0.196. The summed E-state index contributed by atoms with van der Waals surface area (Å²) in [6.07, 6.45) is 4.10. The van der Waals surface area contributed by atoms with Crippen LogP contribution in [0.4, 0.5) is 0 Å². The SMILES string of the molecule is O=C(Cc1cccc2cccnc12)NC1(c2cccc(Br)c2)CC1. The van der Waals surface area contributed by atoms with Gasteiger partial charge in [-0.05, 0) is 42.2 Å². The van der Waals surface area contributed by atoms with Crippen molar-refractivity contribution in [2.45, 2.75) is 24.8 Å². The number of amides is 1. The van der Waals surface area contributed by atoms with Crippen LogP contribution in [0.1, 0.15) is 24.0 Å². The molecule has 3 aromatic rings. The van der Waals surface area contributed by atoms with Crippen molar-refractivity contribution in [3.63, 3.8) is 0 Å². The van der Waals surface area contributed by atoms with Gasteiger partial charge in [-0.2, -0.15) is 0 Å². The maximum atomic E-state index is 12.6. The number of halogens is 1. The normalized spacial score (nSPS) is 15.2. The standard InChI is InChI=1S/C20H17BrN2O/c21-17-8-2-7-16(13-17)20(9-10-20)23-18(24)12-15-5-1-4-14-6-3-11-22-19(14)15/h1-8,11,13H,9-10,12H2,(H,23,24). The van der Waals surface area contributed by atoms with E-state index in [1.54, 1.807) is 6.20 Å². The zero-order chi connectivity index (χ0) is 16.6. The van der Waals surface area contributed by atoms with Crippen molar-refractivity contribution in [2.75, 3.05) is 0 Å². The smallest absolute Gasteiger partial charge is 0.225 e. The van der Waals surface area contributed by atoms with E-state index < -0.39 is 0 Å². The summed E-state index contributed by atoms with van der Waals surface area (Å²) < 4.78 is 1.04. The van der Waals surface area contributed by atoms with Gasteiger partial charge >= 0.3 is 0 Å². The van der Waals surface area contributed by atoms with E-state index in [9.17, 15) is 4.79 Å². The lowest BCUT2D eigenvalue weighted by molar-refractivity contribution is -0.121. The van der Waals surface area contributed by atoms with Crippen LogP contribution >= 0.6 is 15.9 Å². The zero-order valence-electron chi connectivity index (χ0n) is 13.1. The van der Waals surface area contributed by atoms with Crippen LogP contribution in [0.2, 0.25) is 0 Å². The average Bonchev–Trinajstić information content (AvgIpc) is 3.36. The largest absolute Gasteiger partial charge is 0.346 e. The van der Waals surface area contributed by atoms with Crippen molar-refractivity contribution >= 4 is 32.7 Å². The summed E-state index contributed by atoms with van der Waals surface area (Å²) in [6.45, 7) is 0. The van der Waals surface area contributed by atoms with Gasteiger partial charge in [0.1, 0.15) is 0 Å². The molecule has 0 atom stereocenters. The average molecular weight is 381 g/mol. The highest BCUT2D eigenvalue weighted by atomic mass is 79.9. The second kappa shape index (κ2) is 6.02. The fourth-order valence-electron chi connectivity index (χ4n) is 3.19. The number of fused-ring (bicyclic) bond motifs is 1. The number of carbonyl (C=O) groups is 1. The molecule has 1 amide bonds. The Bertz CT molecular complexity index is 913. The van der Waals surface area contributed by atoms with Crippen LogP contribution in [0, 0.1) is 0 Å². The Hall–Kier alpha value is -2.20. The van der Waals surface area contributed by atoms with Gasteiger partial charge in [0.25, 0.3) is 0 Å². The number of para-hydroxylation sites is 1. The number of rotatable bonds is 4. The summed E-state index contributed by atoms with van der Waals surface area (Å²) in [5.41, 5.74) is 2.85. The lowest BCUT2D eigenvalue weighted by Gasteiger charge is -2.18. The molecule has 1 saturated carbocycles. The first-order valence-electron chi connectivity index (χ1n) is 8.06. The first-order chi connectivity index (χ1) is 11.7. The molecule has 1 aliphatic carbocycles. The molecule has 0 unspecified atom stereocenters. The molecule has 1 fully saturated rings. The van der Waals surface area contributed by atoms with Crippen LogP contribution in [0.5, 0.6) is 0 Å². The number of nitrogens with one attached hydrogen (secondary N) is 1. The van der Waals surface area contributed by atoms with Gasteiger partial charge in [-0.1, -0.05) is 52.3 Å². The molecule has 0 spiro atoms. The number of hydrogen-bond donors (Lipinski definition) is 1. The summed E-state index contributed by atoms with van der Waals surface area (Å²) in [5.74, 6) is 0.0469. The Morgan fingerprint density at radius 1 is 1.12 bits per heavy atom. The Kier molecular flexibility index (Phi) is 3.85. The van der Waals surface area contributed by atoms with E-state index in [0.717, 1.165) is 33.8 Å². The van der Waals surface area contributed by atoms with Crippen LogP contribution in [-0.4, -0.2) is 10.9 Å². The van der Waals surface area contributed by atoms with Crippen molar-refractivity contribution in [2.24, 2.45) is 0 Å². The van der Waals surface area contributed by atoms with E-state index in [4.69, 9.17) is 0 Å². The number of hydrogen-bond acceptors (Lipinski definition) is 2. The van der Waals surface area contributed by atoms with E-state index in [0.29, 0.717) is 6.42 Å². The molecular weight excluding hydrogens is 364 g/mol. The molecule has 4 rings (SSSR count). The summed E-state index contributed by atoms with van der Waals surface area (Å²) in [5, 5.41) is 4.30. The maximum absolute atomic E-state index is 12.6. The van der Waals surface area contributed by atoms with Gasteiger partial charge in [0, 0.05) is 16.1 Å². The van der Waals surface area contributed by atoms with E-state index in [-0.39, 0.29) is 11.4 Å². The predicted octanol–water partition coefficient (Wildman–Crippen LogP) is 4.35. The number of nitrogens with zero attached hydrogens (tertiary/aromatic N) is 1. The van der Waals surface area contributed by atoms with E-state index in [1.165, 1.54) is 5.56 Å². The molecule has 2 aromatic carbocycles. The molecule has 0 radical (unpaired) electrons. The summed E-state index contributed by atoms with van der Waals surface area (Å²) >= 11 is 3.51. The maximum Gasteiger partial charge on any atom is 0.225 e. The Balaban J connectivity index is 1.55. The van der Waals surface area contributed by atoms with Crippen LogP contribution in [0.25, 0.3) is 10.9 Å². The number of benzene rings is 2. The minimum Gasteiger partial charge on any atom is -0.346 e. The van der Waals surface area contributed by atoms with Crippen molar-refractivity contribution in [3.05, 3.63) is 76.4 Å². The van der Waals surface area contributed by atoms with Crippen molar-refractivity contribution in [1.29, 1.82) is 0 Å². The fourth-order valence-corrected chi connectivity index (χ4v) is 3.59. The van der Waals surface area contributed by atoms with E-state index in [1.807, 2.05) is 42.5 Å². The molecule has 0 bridgehead atoms. The molecular formula is C20H17BrN2O. The molecule has 0 aliphatic heterocycles. The van der Waals surface area contributed by atoms with Crippen LogP contribution in [0.3, 0.4) is 0 Å². The third kappa shape index (κ3) is 2.94. The Morgan fingerprint density at radius 2 is 1.92 bits per heavy atom. The highest BCUT2D eigenvalue weighted by molar-refractivity contribution is 9.10. The monoisotopic (exact) mass is 380 g/mol. The van der Waals surface area contributed by atoms with E-state index >= 15 is 0 Å². The van der Waals surface area contributed by atoms with Crippen molar-refractivity contribution < 1.29 is 4.79 Å². The highest BCUT2D eigenvalue weighted by Gasteiger charge is 2.45. The van der Waals surface area contributed by atoms with Gasteiger partial charge in [-0.3, -0.25) is 9.78 Å². The lowest BCUT2D eigenvalue weighted by atomic mass is 10.0. The van der Waals surface area contributed by atoms with Gasteiger partial charge in [0.2, 0.25) is 5.91 Å². The molecule has 120 valence electrons. The van der Waals surface area contributed by atoms with Gasteiger partial charge in [-0.15, -0.1) is 0 Å². The van der Waals surface area contributed by atoms with Crippen LogP contribution in [-0.2, 0) is 16.8 Å². The Morgan fingerprint density at radius 3 is 2.71 bits per heavy atom. The van der Waals surface area contributed by atoms with Crippen LogP contribution < -0.4 is 5.32 Å². The van der Waals surface area contributed by atoms with Crippen LogP contribution in [0.15, 0.2) is 65.3 Å². The second-order valence-electron chi connectivity index (χ2n) is 6.31. The molecule has 1 heterocycles. The number of pyridine rings is 1. The number of carbonyl (C=O) groups excluding carboxylic acids is 1. The predicted molar refractivity (Wildman–Crippen MR) is 98.6 cm³/mol. The first kappa shape index (κ1) is 15.3. The third-order valence-electron chi connectivity index (χ3n) is 4.57. The van der Waals surface area contributed by atoms with Crippen molar-refractivity contribution in [1.82, 2.24) is 10.3 Å². The minimum absolute atomic E-state index is 0.0469. The number of aromatic nitrogens is 1. The second-order valence-corrected chi connectivity index (χ2v) is 7.23. The molecule has 0 saturated heterocycles. The summed E-state index contributed by atoms with van der Waals surface area (Å²) in [4.78, 5) is 17.0. The topological polar surface area (TPSA) is 42.0 Å². The lowest BCUT2D eigenvalue weighted by Crippen LogP contribution is -2.35. The highest BCUT2D eigenvalue weighted by Crippen LogP contribution is 2.46. The summed E-state index contributed by atoms with van der Waals surface area (Å²) in [6, 6.07) is 18.1. The molecule has 24 heavy (non-hydrogen) atoms. The summed E-state index contributed by atoms with van der Waals surface area (Å²) in [7, 11) is 0. The molecule has 1 N–H and O–H groups in total.